The van der Waals surface area contributed by atoms with Crippen LogP contribution in [0.25, 0.3) is 5.65 Å². The van der Waals surface area contributed by atoms with Crippen LogP contribution in [0.4, 0.5) is 11.6 Å². The normalized spacial score (nSPS) is 11.0. The van der Waals surface area contributed by atoms with E-state index in [1.807, 2.05) is 16.8 Å². The van der Waals surface area contributed by atoms with Gasteiger partial charge in [0, 0.05) is 32.1 Å². The van der Waals surface area contributed by atoms with Crippen LogP contribution in [0.3, 0.4) is 0 Å². The van der Waals surface area contributed by atoms with Crippen LogP contribution in [0.15, 0.2) is 18.6 Å². The minimum atomic E-state index is 0.287. The summed E-state index contributed by atoms with van der Waals surface area (Å²) >= 11 is 0. The van der Waals surface area contributed by atoms with Crippen LogP contribution in [0.1, 0.15) is 39.0 Å². The molecule has 2 heterocycles. The molecule has 6 heteroatoms. The van der Waals surface area contributed by atoms with Gasteiger partial charge in [-0.05, 0) is 19.3 Å². The van der Waals surface area contributed by atoms with Crippen LogP contribution in [-0.2, 0) is 0 Å². The Morgan fingerprint density at radius 2 is 2.00 bits per heavy atom. The lowest BCUT2D eigenvalue weighted by atomic mass is 10.2. The van der Waals surface area contributed by atoms with Gasteiger partial charge < -0.3 is 20.1 Å². The van der Waals surface area contributed by atoms with E-state index in [1.165, 1.54) is 0 Å². The number of rotatable bonds is 10. The first-order valence-electron chi connectivity index (χ1n) is 7.77. The molecule has 0 aliphatic rings. The maximum atomic E-state index is 8.75. The lowest BCUT2D eigenvalue weighted by Gasteiger charge is -2.10. The van der Waals surface area contributed by atoms with Crippen molar-refractivity contribution in [1.29, 1.82) is 0 Å². The largest absolute Gasteiger partial charge is 0.396 e. The lowest BCUT2D eigenvalue weighted by Crippen LogP contribution is -2.09. The number of hydrogen-bond acceptors (Lipinski definition) is 5. The number of anilines is 2. The van der Waals surface area contributed by atoms with Gasteiger partial charge in [0.2, 0.25) is 0 Å². The van der Waals surface area contributed by atoms with Crippen LogP contribution in [-0.4, -0.2) is 39.2 Å². The average Bonchev–Trinajstić information content (AvgIpc) is 2.97. The molecule has 0 radical (unpaired) electrons. The van der Waals surface area contributed by atoms with Gasteiger partial charge in [0.1, 0.15) is 5.82 Å². The molecule has 0 fully saturated rings. The topological polar surface area (TPSA) is 74.5 Å². The van der Waals surface area contributed by atoms with Gasteiger partial charge in [0.15, 0.2) is 11.5 Å². The Hall–Kier alpha value is -1.82. The second kappa shape index (κ2) is 8.46. The zero-order valence-corrected chi connectivity index (χ0v) is 12.7. The van der Waals surface area contributed by atoms with Crippen molar-refractivity contribution in [2.75, 3.05) is 30.3 Å². The number of unbranched alkanes of at least 4 members (excludes halogenated alkanes) is 3. The molecule has 0 atom stereocenters. The van der Waals surface area contributed by atoms with Gasteiger partial charge in [-0.25, -0.2) is 9.97 Å². The average molecular weight is 291 g/mol. The zero-order valence-electron chi connectivity index (χ0n) is 12.7. The molecular weight excluding hydrogens is 266 g/mol. The molecule has 0 unspecified atom stereocenters. The highest BCUT2D eigenvalue weighted by Crippen LogP contribution is 2.16. The molecule has 6 nitrogen and oxygen atoms in total. The van der Waals surface area contributed by atoms with Crippen molar-refractivity contribution in [3.05, 3.63) is 18.6 Å². The molecule has 2 rings (SSSR count). The van der Waals surface area contributed by atoms with E-state index >= 15 is 0 Å². The number of fused-ring (bicyclic) bond motifs is 1. The fraction of sp³-hybridized carbons (Fsp3) is 0.600. The molecule has 0 bridgehead atoms. The van der Waals surface area contributed by atoms with Crippen molar-refractivity contribution >= 4 is 17.3 Å². The Morgan fingerprint density at radius 1 is 1.14 bits per heavy atom. The molecule has 0 spiro atoms. The van der Waals surface area contributed by atoms with Crippen LogP contribution in [0, 0.1) is 0 Å². The van der Waals surface area contributed by atoms with Crippen molar-refractivity contribution < 1.29 is 5.11 Å². The molecular formula is C15H25N5O. The van der Waals surface area contributed by atoms with E-state index in [4.69, 9.17) is 5.11 Å². The maximum Gasteiger partial charge on any atom is 0.180 e. The summed E-state index contributed by atoms with van der Waals surface area (Å²) in [7, 11) is 0. The standard InChI is InChI=1S/C15H25N5O/c1-2-7-16-13-12-20-10-9-18-15(20)14(19-13)17-8-5-3-4-6-11-21/h9-10,12,16,21H,2-8,11H2,1H3,(H,17,19). The number of nitrogens with one attached hydrogen (secondary N) is 2. The summed E-state index contributed by atoms with van der Waals surface area (Å²) < 4.78 is 1.99. The summed E-state index contributed by atoms with van der Waals surface area (Å²) in [6, 6.07) is 0. The first kappa shape index (κ1) is 15.6. The van der Waals surface area contributed by atoms with Crippen molar-refractivity contribution in [2.45, 2.75) is 39.0 Å². The predicted octanol–water partition coefficient (Wildman–Crippen LogP) is 2.52. The van der Waals surface area contributed by atoms with E-state index in [-0.39, 0.29) is 6.61 Å². The summed E-state index contributed by atoms with van der Waals surface area (Å²) in [6.45, 7) is 4.20. The molecule has 0 amide bonds. The Labute approximate surface area is 125 Å². The summed E-state index contributed by atoms with van der Waals surface area (Å²) in [6.07, 6.45) is 10.9. The number of aliphatic hydroxyl groups is 1. The smallest absolute Gasteiger partial charge is 0.180 e. The van der Waals surface area contributed by atoms with Crippen molar-refractivity contribution in [2.24, 2.45) is 0 Å². The number of nitrogens with zero attached hydrogens (tertiary/aromatic N) is 3. The Balaban J connectivity index is 1.95. The molecule has 2 aromatic heterocycles. The number of hydrogen-bond donors (Lipinski definition) is 3. The second-order valence-corrected chi connectivity index (χ2v) is 5.12. The van der Waals surface area contributed by atoms with E-state index in [0.717, 1.165) is 62.5 Å². The minimum absolute atomic E-state index is 0.287. The molecule has 0 saturated heterocycles. The number of imidazole rings is 1. The molecule has 21 heavy (non-hydrogen) atoms. The van der Waals surface area contributed by atoms with Gasteiger partial charge in [-0.3, -0.25) is 0 Å². The minimum Gasteiger partial charge on any atom is -0.396 e. The molecule has 2 aromatic rings. The van der Waals surface area contributed by atoms with E-state index < -0.39 is 0 Å². The fourth-order valence-corrected chi connectivity index (χ4v) is 2.19. The van der Waals surface area contributed by atoms with E-state index in [0.29, 0.717) is 0 Å². The Bertz CT molecular complexity index is 540. The monoisotopic (exact) mass is 291 g/mol. The molecule has 116 valence electrons. The van der Waals surface area contributed by atoms with Gasteiger partial charge in [0.05, 0.1) is 6.20 Å². The van der Waals surface area contributed by atoms with Gasteiger partial charge in [-0.15, -0.1) is 0 Å². The predicted molar refractivity (Wildman–Crippen MR) is 85.8 cm³/mol. The van der Waals surface area contributed by atoms with Crippen LogP contribution in [0.5, 0.6) is 0 Å². The molecule has 0 saturated carbocycles. The first-order chi connectivity index (χ1) is 10.3. The van der Waals surface area contributed by atoms with Crippen molar-refractivity contribution in [1.82, 2.24) is 14.4 Å². The third-order valence-corrected chi connectivity index (χ3v) is 3.31. The summed E-state index contributed by atoms with van der Waals surface area (Å²) in [5.41, 5.74) is 0.854. The molecule has 0 aromatic carbocycles. The van der Waals surface area contributed by atoms with Crippen LogP contribution in [0.2, 0.25) is 0 Å². The van der Waals surface area contributed by atoms with Crippen LogP contribution < -0.4 is 10.6 Å². The summed E-state index contributed by atoms with van der Waals surface area (Å²) in [5.74, 6) is 1.69. The van der Waals surface area contributed by atoms with Crippen LogP contribution >= 0.6 is 0 Å². The second-order valence-electron chi connectivity index (χ2n) is 5.12. The van der Waals surface area contributed by atoms with Gasteiger partial charge in [-0.1, -0.05) is 19.8 Å². The number of aromatic nitrogens is 3. The quantitative estimate of drug-likeness (QED) is 0.587. The van der Waals surface area contributed by atoms with Crippen molar-refractivity contribution in [3.8, 4) is 0 Å². The lowest BCUT2D eigenvalue weighted by molar-refractivity contribution is 0.283. The molecule has 3 N–H and O–H groups in total. The highest BCUT2D eigenvalue weighted by molar-refractivity contribution is 5.65. The first-order valence-corrected chi connectivity index (χ1v) is 7.77. The maximum absolute atomic E-state index is 8.75. The number of aliphatic hydroxyl groups excluding tert-OH is 1. The van der Waals surface area contributed by atoms with Gasteiger partial charge >= 0.3 is 0 Å². The van der Waals surface area contributed by atoms with E-state index in [2.05, 4.69) is 27.5 Å². The third kappa shape index (κ3) is 4.60. The third-order valence-electron chi connectivity index (χ3n) is 3.31. The zero-order chi connectivity index (χ0) is 14.9. The van der Waals surface area contributed by atoms with Crippen molar-refractivity contribution in [3.63, 3.8) is 0 Å². The summed E-state index contributed by atoms with van der Waals surface area (Å²) in [4.78, 5) is 8.94. The highest BCUT2D eigenvalue weighted by Gasteiger charge is 2.06. The molecule has 0 aliphatic heterocycles. The molecule has 0 aliphatic carbocycles. The van der Waals surface area contributed by atoms with Gasteiger partial charge in [-0.2, -0.15) is 0 Å². The Morgan fingerprint density at radius 3 is 2.81 bits per heavy atom. The highest BCUT2D eigenvalue weighted by atomic mass is 16.2. The fourth-order valence-electron chi connectivity index (χ4n) is 2.19. The van der Waals surface area contributed by atoms with E-state index in [9.17, 15) is 0 Å². The van der Waals surface area contributed by atoms with Gasteiger partial charge in [0.25, 0.3) is 0 Å². The Kier molecular flexibility index (Phi) is 6.27. The van der Waals surface area contributed by atoms with E-state index in [1.54, 1.807) is 6.20 Å². The summed E-state index contributed by atoms with van der Waals surface area (Å²) in [5, 5.41) is 15.4. The SMILES string of the molecule is CCCNc1cn2ccnc2c(NCCCCCCO)n1.